The van der Waals surface area contributed by atoms with Crippen LogP contribution in [0.3, 0.4) is 0 Å². The fraction of sp³-hybridized carbons (Fsp3) is 0.188. The predicted octanol–water partition coefficient (Wildman–Crippen LogP) is 4.82. The number of carbonyl (C=O) groups excluding carboxylic acids is 1. The summed E-state index contributed by atoms with van der Waals surface area (Å²) < 4.78 is 0.877. The Balaban J connectivity index is 2.14. The van der Waals surface area contributed by atoms with E-state index in [1.54, 1.807) is 0 Å². The van der Waals surface area contributed by atoms with E-state index in [4.69, 9.17) is 0 Å². The van der Waals surface area contributed by atoms with Crippen molar-refractivity contribution < 1.29 is 4.79 Å². The number of carbonyl (C=O) groups is 1. The van der Waals surface area contributed by atoms with Crippen LogP contribution in [0.15, 0.2) is 53.0 Å². The molecule has 0 saturated heterocycles. The van der Waals surface area contributed by atoms with Crippen LogP contribution in [0.1, 0.15) is 35.7 Å². The molecule has 0 saturated carbocycles. The third-order valence-corrected chi connectivity index (χ3v) is 3.65. The molecule has 0 aliphatic carbocycles. The van der Waals surface area contributed by atoms with Gasteiger partial charge in [0, 0.05) is 10.0 Å². The number of halogens is 1. The molecule has 0 bridgehead atoms. The predicted molar refractivity (Wildman–Crippen MR) is 82.6 cm³/mol. The summed E-state index contributed by atoms with van der Waals surface area (Å²) in [5.41, 5.74) is 2.68. The Bertz CT molecular complexity index is 576. The van der Waals surface area contributed by atoms with Gasteiger partial charge in [-0.1, -0.05) is 38.1 Å². The molecule has 1 N–H and O–H groups in total. The Hall–Kier alpha value is -1.61. The van der Waals surface area contributed by atoms with Crippen molar-refractivity contribution in [2.75, 3.05) is 5.32 Å². The first-order chi connectivity index (χ1) is 9.08. The molecule has 0 heterocycles. The quantitative estimate of drug-likeness (QED) is 0.863. The van der Waals surface area contributed by atoms with Gasteiger partial charge in [0.25, 0.3) is 5.91 Å². The maximum absolute atomic E-state index is 12.1. The molecule has 0 unspecified atom stereocenters. The van der Waals surface area contributed by atoms with Gasteiger partial charge in [-0.3, -0.25) is 4.79 Å². The SMILES string of the molecule is CC(C)c1ccc(C(=O)Nc2ccccc2Br)cc1. The van der Waals surface area contributed by atoms with Gasteiger partial charge in [-0.25, -0.2) is 0 Å². The fourth-order valence-corrected chi connectivity index (χ4v) is 2.16. The van der Waals surface area contributed by atoms with Crippen molar-refractivity contribution in [2.24, 2.45) is 0 Å². The van der Waals surface area contributed by atoms with Gasteiger partial charge in [0.2, 0.25) is 0 Å². The molecule has 3 heteroatoms. The van der Waals surface area contributed by atoms with E-state index in [0.717, 1.165) is 10.2 Å². The number of hydrogen-bond acceptors (Lipinski definition) is 1. The first-order valence-electron chi connectivity index (χ1n) is 6.24. The van der Waals surface area contributed by atoms with Gasteiger partial charge < -0.3 is 5.32 Å². The summed E-state index contributed by atoms with van der Waals surface area (Å²) in [7, 11) is 0. The van der Waals surface area contributed by atoms with E-state index < -0.39 is 0 Å². The van der Waals surface area contributed by atoms with Crippen LogP contribution in [-0.4, -0.2) is 5.91 Å². The van der Waals surface area contributed by atoms with Gasteiger partial charge in [0.15, 0.2) is 0 Å². The van der Waals surface area contributed by atoms with Crippen molar-refractivity contribution >= 4 is 27.5 Å². The van der Waals surface area contributed by atoms with Crippen LogP contribution < -0.4 is 5.32 Å². The van der Waals surface area contributed by atoms with Crippen molar-refractivity contribution in [2.45, 2.75) is 19.8 Å². The lowest BCUT2D eigenvalue weighted by Crippen LogP contribution is -2.12. The van der Waals surface area contributed by atoms with Crippen LogP contribution in [0.5, 0.6) is 0 Å². The van der Waals surface area contributed by atoms with Gasteiger partial charge >= 0.3 is 0 Å². The normalized spacial score (nSPS) is 10.5. The smallest absolute Gasteiger partial charge is 0.255 e. The molecule has 0 aliphatic heterocycles. The Morgan fingerprint density at radius 1 is 1.05 bits per heavy atom. The molecule has 0 fully saturated rings. The van der Waals surface area contributed by atoms with E-state index in [9.17, 15) is 4.79 Å². The monoisotopic (exact) mass is 317 g/mol. The summed E-state index contributed by atoms with van der Waals surface area (Å²) in [6.45, 7) is 4.27. The molecule has 0 aliphatic rings. The lowest BCUT2D eigenvalue weighted by molar-refractivity contribution is 0.102. The van der Waals surface area contributed by atoms with E-state index in [1.165, 1.54) is 5.56 Å². The zero-order valence-corrected chi connectivity index (χ0v) is 12.6. The highest BCUT2D eigenvalue weighted by molar-refractivity contribution is 9.10. The lowest BCUT2D eigenvalue weighted by Gasteiger charge is -2.09. The first kappa shape index (κ1) is 13.8. The van der Waals surface area contributed by atoms with Crippen LogP contribution in [0, 0.1) is 0 Å². The number of amides is 1. The average molecular weight is 318 g/mol. The number of hydrogen-bond donors (Lipinski definition) is 1. The van der Waals surface area contributed by atoms with Crippen LogP contribution in [0.4, 0.5) is 5.69 Å². The zero-order chi connectivity index (χ0) is 13.8. The maximum Gasteiger partial charge on any atom is 0.255 e. The second-order valence-electron chi connectivity index (χ2n) is 4.71. The van der Waals surface area contributed by atoms with E-state index >= 15 is 0 Å². The van der Waals surface area contributed by atoms with Crippen molar-refractivity contribution in [1.82, 2.24) is 0 Å². The number of nitrogens with one attached hydrogen (secondary N) is 1. The summed E-state index contributed by atoms with van der Waals surface area (Å²) in [4.78, 5) is 12.1. The minimum absolute atomic E-state index is 0.0952. The number of para-hydroxylation sites is 1. The van der Waals surface area contributed by atoms with E-state index in [-0.39, 0.29) is 5.91 Å². The summed E-state index contributed by atoms with van der Waals surface area (Å²) in [6.07, 6.45) is 0. The minimum Gasteiger partial charge on any atom is -0.321 e. The highest BCUT2D eigenvalue weighted by Crippen LogP contribution is 2.22. The van der Waals surface area contributed by atoms with Gasteiger partial charge in [0.1, 0.15) is 0 Å². The summed E-state index contributed by atoms with van der Waals surface area (Å²) >= 11 is 3.41. The van der Waals surface area contributed by atoms with Crippen molar-refractivity contribution in [3.05, 3.63) is 64.1 Å². The molecular formula is C16H16BrNO. The molecule has 0 aromatic heterocycles. The third kappa shape index (κ3) is 3.44. The summed E-state index contributed by atoms with van der Waals surface area (Å²) in [6, 6.07) is 15.3. The molecule has 0 radical (unpaired) electrons. The molecule has 2 nitrogen and oxygen atoms in total. The third-order valence-electron chi connectivity index (χ3n) is 2.96. The number of benzene rings is 2. The molecule has 0 spiro atoms. The van der Waals surface area contributed by atoms with Crippen molar-refractivity contribution in [3.63, 3.8) is 0 Å². The Morgan fingerprint density at radius 3 is 2.26 bits per heavy atom. The molecular weight excluding hydrogens is 302 g/mol. The molecule has 98 valence electrons. The van der Waals surface area contributed by atoms with Crippen molar-refractivity contribution in [1.29, 1.82) is 0 Å². The van der Waals surface area contributed by atoms with Crippen molar-refractivity contribution in [3.8, 4) is 0 Å². The van der Waals surface area contributed by atoms with E-state index in [2.05, 4.69) is 35.1 Å². The second kappa shape index (κ2) is 6.02. The maximum atomic E-state index is 12.1. The van der Waals surface area contributed by atoms with Gasteiger partial charge in [-0.2, -0.15) is 0 Å². The Kier molecular flexibility index (Phi) is 4.38. The minimum atomic E-state index is -0.0952. The van der Waals surface area contributed by atoms with Crippen LogP contribution in [0.25, 0.3) is 0 Å². The Labute approximate surface area is 122 Å². The number of anilines is 1. The highest BCUT2D eigenvalue weighted by atomic mass is 79.9. The summed E-state index contributed by atoms with van der Waals surface area (Å²) in [5, 5.41) is 2.89. The second-order valence-corrected chi connectivity index (χ2v) is 5.57. The lowest BCUT2D eigenvalue weighted by atomic mass is 10.0. The molecule has 2 aromatic carbocycles. The average Bonchev–Trinajstić information content (AvgIpc) is 2.41. The molecule has 2 rings (SSSR count). The highest BCUT2D eigenvalue weighted by Gasteiger charge is 2.08. The summed E-state index contributed by atoms with van der Waals surface area (Å²) in [5.74, 6) is 0.377. The van der Waals surface area contributed by atoms with E-state index in [1.807, 2.05) is 48.5 Å². The first-order valence-corrected chi connectivity index (χ1v) is 7.03. The van der Waals surface area contributed by atoms with E-state index in [0.29, 0.717) is 11.5 Å². The van der Waals surface area contributed by atoms with Crippen LogP contribution in [-0.2, 0) is 0 Å². The van der Waals surface area contributed by atoms with Crippen LogP contribution >= 0.6 is 15.9 Å². The molecule has 2 aromatic rings. The largest absolute Gasteiger partial charge is 0.321 e. The zero-order valence-electron chi connectivity index (χ0n) is 11.0. The molecule has 0 atom stereocenters. The number of rotatable bonds is 3. The van der Waals surface area contributed by atoms with Crippen LogP contribution in [0.2, 0.25) is 0 Å². The van der Waals surface area contributed by atoms with Gasteiger partial charge in [-0.15, -0.1) is 0 Å². The standard InChI is InChI=1S/C16H16BrNO/c1-11(2)12-7-9-13(10-8-12)16(19)18-15-6-4-3-5-14(15)17/h3-11H,1-2H3,(H,18,19). The molecule has 19 heavy (non-hydrogen) atoms. The molecule has 1 amide bonds. The Morgan fingerprint density at radius 2 is 1.68 bits per heavy atom. The van der Waals surface area contributed by atoms with Gasteiger partial charge in [0.05, 0.1) is 5.69 Å². The van der Waals surface area contributed by atoms with Gasteiger partial charge in [-0.05, 0) is 51.7 Å². The topological polar surface area (TPSA) is 29.1 Å². The fourth-order valence-electron chi connectivity index (χ4n) is 1.78.